The number of rotatable bonds is 6. The molecule has 0 aromatic heterocycles. The third kappa shape index (κ3) is 4.69. The summed E-state index contributed by atoms with van der Waals surface area (Å²) in [5, 5.41) is 7.05. The van der Waals surface area contributed by atoms with E-state index in [1.807, 2.05) is 0 Å². The molecule has 4 rings (SSSR count). The summed E-state index contributed by atoms with van der Waals surface area (Å²) < 4.78 is 5.99. The van der Waals surface area contributed by atoms with Crippen LogP contribution in [0.4, 0.5) is 0 Å². The minimum Gasteiger partial charge on any atom is -0.373 e. The van der Waals surface area contributed by atoms with E-state index in [0.717, 1.165) is 32.0 Å². The lowest BCUT2D eigenvalue weighted by molar-refractivity contribution is 0.0992. The Labute approximate surface area is 169 Å². The predicted octanol–water partition coefficient (Wildman–Crippen LogP) is 3.44. The van der Waals surface area contributed by atoms with Gasteiger partial charge in [0.1, 0.15) is 0 Å². The van der Waals surface area contributed by atoms with Gasteiger partial charge in [0.25, 0.3) is 0 Å². The Bertz CT molecular complexity index is 676. The maximum absolute atomic E-state index is 5.99. The molecule has 2 N–H and O–H groups in total. The fraction of sp³-hybridized carbons (Fsp3) is 0.696. The van der Waals surface area contributed by atoms with Gasteiger partial charge < -0.3 is 15.4 Å². The van der Waals surface area contributed by atoms with Crippen molar-refractivity contribution in [3.63, 3.8) is 0 Å². The number of likely N-dealkylation sites (tertiary alicyclic amines) is 1. The summed E-state index contributed by atoms with van der Waals surface area (Å²) in [6, 6.07) is 9.89. The van der Waals surface area contributed by atoms with Crippen LogP contribution in [-0.2, 0) is 17.8 Å². The highest BCUT2D eigenvalue weighted by Gasteiger charge is 2.41. The second-order valence-corrected chi connectivity index (χ2v) is 8.64. The summed E-state index contributed by atoms with van der Waals surface area (Å²) >= 11 is 0. The number of benzene rings is 1. The number of piperidine rings is 1. The van der Waals surface area contributed by atoms with Gasteiger partial charge in [0.2, 0.25) is 0 Å². The van der Waals surface area contributed by atoms with Crippen molar-refractivity contribution in [2.45, 2.75) is 89.8 Å². The number of fused-ring (bicyclic) bond motifs is 2. The van der Waals surface area contributed by atoms with Crippen molar-refractivity contribution >= 4 is 5.96 Å². The average molecular weight is 385 g/mol. The van der Waals surface area contributed by atoms with Crippen molar-refractivity contribution in [1.82, 2.24) is 15.5 Å². The van der Waals surface area contributed by atoms with Gasteiger partial charge in [-0.25, -0.2) is 4.99 Å². The minimum atomic E-state index is 0.363. The zero-order valence-corrected chi connectivity index (χ0v) is 17.5. The van der Waals surface area contributed by atoms with Crippen LogP contribution in [0.3, 0.4) is 0 Å². The van der Waals surface area contributed by atoms with Crippen LogP contribution < -0.4 is 10.6 Å². The number of hydrogen-bond acceptors (Lipinski definition) is 3. The van der Waals surface area contributed by atoms with Gasteiger partial charge in [-0.3, -0.25) is 4.90 Å². The Balaban J connectivity index is 1.41. The largest absolute Gasteiger partial charge is 0.373 e. The van der Waals surface area contributed by atoms with Crippen LogP contribution in [0.25, 0.3) is 0 Å². The lowest BCUT2D eigenvalue weighted by Gasteiger charge is -2.33. The Morgan fingerprint density at radius 3 is 2.75 bits per heavy atom. The van der Waals surface area contributed by atoms with Gasteiger partial charge >= 0.3 is 0 Å². The quantitative estimate of drug-likeness (QED) is 0.583. The Morgan fingerprint density at radius 2 is 2.04 bits per heavy atom. The predicted molar refractivity (Wildman–Crippen MR) is 114 cm³/mol. The molecule has 4 unspecified atom stereocenters. The summed E-state index contributed by atoms with van der Waals surface area (Å²) in [6.07, 6.45) is 8.34. The molecule has 1 aromatic carbocycles. The molecule has 0 aliphatic carbocycles. The first kappa shape index (κ1) is 19.7. The summed E-state index contributed by atoms with van der Waals surface area (Å²) in [5.74, 6) is 0.921. The van der Waals surface area contributed by atoms with E-state index in [0.29, 0.717) is 24.3 Å². The molecule has 0 saturated carbocycles. The third-order valence-electron chi connectivity index (χ3n) is 6.61. The van der Waals surface area contributed by atoms with Crippen molar-refractivity contribution in [2.75, 3.05) is 13.1 Å². The van der Waals surface area contributed by atoms with E-state index in [9.17, 15) is 0 Å². The Morgan fingerprint density at radius 1 is 1.18 bits per heavy atom. The van der Waals surface area contributed by atoms with Crippen molar-refractivity contribution in [3.05, 3.63) is 35.4 Å². The highest BCUT2D eigenvalue weighted by Crippen LogP contribution is 2.34. The van der Waals surface area contributed by atoms with Crippen LogP contribution in [0.2, 0.25) is 0 Å². The van der Waals surface area contributed by atoms with E-state index >= 15 is 0 Å². The van der Waals surface area contributed by atoms with Gasteiger partial charge in [-0.05, 0) is 63.6 Å². The first-order chi connectivity index (χ1) is 13.7. The van der Waals surface area contributed by atoms with Crippen LogP contribution in [-0.4, -0.2) is 48.2 Å². The molecule has 3 fully saturated rings. The molecular weight excluding hydrogens is 348 g/mol. The minimum absolute atomic E-state index is 0.363. The highest BCUT2D eigenvalue weighted by molar-refractivity contribution is 5.80. The molecule has 3 heterocycles. The molecule has 4 atom stereocenters. The van der Waals surface area contributed by atoms with Gasteiger partial charge in [0, 0.05) is 19.1 Å². The zero-order valence-electron chi connectivity index (χ0n) is 17.5. The number of aliphatic imine (C=N–C) groups is 1. The normalized spacial score (nSPS) is 30.6. The standard InChI is InChI=1S/C23H36N4O/c1-3-24-23(26-21-14-20-11-12-22(21)28-20)25-15-18-9-4-5-10-19(18)16-27-13-7-6-8-17(27)2/h4-5,9-10,17,20-22H,3,6-8,11-16H2,1-2H3,(H2,24,25,26). The number of nitrogens with zero attached hydrogens (tertiary/aromatic N) is 2. The van der Waals surface area contributed by atoms with Gasteiger partial charge in [0.05, 0.1) is 24.8 Å². The fourth-order valence-electron chi connectivity index (χ4n) is 4.93. The maximum Gasteiger partial charge on any atom is 0.191 e. The van der Waals surface area contributed by atoms with Gasteiger partial charge in [0.15, 0.2) is 5.96 Å². The second kappa shape index (κ2) is 9.27. The van der Waals surface area contributed by atoms with Crippen LogP contribution in [0.1, 0.15) is 63.5 Å². The van der Waals surface area contributed by atoms with Crippen molar-refractivity contribution in [3.8, 4) is 0 Å². The van der Waals surface area contributed by atoms with Crippen LogP contribution >= 0.6 is 0 Å². The molecule has 5 heteroatoms. The van der Waals surface area contributed by atoms with Crippen LogP contribution in [0.15, 0.2) is 29.3 Å². The number of nitrogens with one attached hydrogen (secondary N) is 2. The molecule has 3 aliphatic heterocycles. The number of guanidine groups is 1. The topological polar surface area (TPSA) is 48.9 Å². The Kier molecular flexibility index (Phi) is 6.53. The summed E-state index contributed by atoms with van der Waals surface area (Å²) in [4.78, 5) is 7.55. The van der Waals surface area contributed by atoms with E-state index in [2.05, 4.69) is 53.6 Å². The van der Waals surface area contributed by atoms with Crippen LogP contribution in [0.5, 0.6) is 0 Å². The highest BCUT2D eigenvalue weighted by atomic mass is 16.5. The van der Waals surface area contributed by atoms with E-state index in [4.69, 9.17) is 9.73 Å². The van der Waals surface area contributed by atoms with Crippen LogP contribution in [0, 0.1) is 0 Å². The maximum atomic E-state index is 5.99. The third-order valence-corrected chi connectivity index (χ3v) is 6.61. The smallest absolute Gasteiger partial charge is 0.191 e. The van der Waals surface area contributed by atoms with Crippen molar-refractivity contribution in [1.29, 1.82) is 0 Å². The first-order valence-electron chi connectivity index (χ1n) is 11.2. The molecule has 5 nitrogen and oxygen atoms in total. The molecule has 1 aromatic rings. The SMILES string of the molecule is CCNC(=NCc1ccccc1CN1CCCCC1C)NC1CC2CCC1O2. The molecule has 3 aliphatic rings. The molecule has 2 bridgehead atoms. The monoisotopic (exact) mass is 384 g/mol. The van der Waals surface area contributed by atoms with Gasteiger partial charge in [-0.15, -0.1) is 0 Å². The first-order valence-corrected chi connectivity index (χ1v) is 11.2. The van der Waals surface area contributed by atoms with Crippen molar-refractivity contribution < 1.29 is 4.74 Å². The van der Waals surface area contributed by atoms with E-state index in [1.165, 1.54) is 49.8 Å². The van der Waals surface area contributed by atoms with Gasteiger partial charge in [-0.1, -0.05) is 30.7 Å². The lowest BCUT2D eigenvalue weighted by atomic mass is 9.96. The Hall–Kier alpha value is -1.59. The van der Waals surface area contributed by atoms with E-state index < -0.39 is 0 Å². The molecule has 0 spiro atoms. The molecule has 0 amide bonds. The molecule has 0 radical (unpaired) electrons. The number of hydrogen-bond donors (Lipinski definition) is 2. The van der Waals surface area contributed by atoms with E-state index in [-0.39, 0.29) is 0 Å². The summed E-state index contributed by atoms with van der Waals surface area (Å²) in [7, 11) is 0. The second-order valence-electron chi connectivity index (χ2n) is 8.64. The average Bonchev–Trinajstić information content (AvgIpc) is 3.32. The molecule has 154 valence electrons. The van der Waals surface area contributed by atoms with Gasteiger partial charge in [-0.2, -0.15) is 0 Å². The molecule has 28 heavy (non-hydrogen) atoms. The molecule has 3 saturated heterocycles. The summed E-state index contributed by atoms with van der Waals surface area (Å²) in [6.45, 7) is 8.34. The zero-order chi connectivity index (χ0) is 19.3. The fourth-order valence-corrected chi connectivity index (χ4v) is 4.93. The lowest BCUT2D eigenvalue weighted by Crippen LogP contribution is -2.47. The van der Waals surface area contributed by atoms with Crippen molar-refractivity contribution in [2.24, 2.45) is 4.99 Å². The number of ether oxygens (including phenoxy) is 1. The van der Waals surface area contributed by atoms with E-state index in [1.54, 1.807) is 0 Å². The molecular formula is C23H36N4O. The summed E-state index contributed by atoms with van der Waals surface area (Å²) in [5.41, 5.74) is 2.75.